The zero-order valence-electron chi connectivity index (χ0n) is 17.6. The highest BCUT2D eigenvalue weighted by Crippen LogP contribution is 2.34. The molecule has 0 amide bonds. The topological polar surface area (TPSA) is 83.1 Å². The van der Waals surface area contributed by atoms with Crippen molar-refractivity contribution in [3.05, 3.63) is 75.8 Å². The normalized spacial score (nSPS) is 13.9. The van der Waals surface area contributed by atoms with Gasteiger partial charge in [0.1, 0.15) is 11.2 Å². The Morgan fingerprint density at radius 3 is 2.70 bits per heavy atom. The number of ether oxygens (including phenoxy) is 1. The van der Waals surface area contributed by atoms with Crippen LogP contribution in [-0.4, -0.2) is 41.3 Å². The summed E-state index contributed by atoms with van der Waals surface area (Å²) < 4.78 is 6.22. The standard InChI is InChI=1S/C24H21ClIN5O2/c25-22-15(13-26)2-1-3-18(22)19-12-20-21(24(32)28-14-27-20)23(30-19)29-16-4-6-17(7-5-16)31-8-10-33-11-9-31/h1-7,12,14H,8-11,13H2,(H,29,30)(H,27,28,32). The third-order valence-electron chi connectivity index (χ3n) is 5.63. The van der Waals surface area contributed by atoms with Crippen LogP contribution in [0.1, 0.15) is 5.56 Å². The number of halogens is 2. The SMILES string of the molecule is O=c1[nH]cnc2cc(-c3cccc(CI)c3Cl)nc(Nc3ccc(N4CCOCC4)cc3)c12. The molecule has 4 aromatic rings. The largest absolute Gasteiger partial charge is 0.378 e. The molecule has 2 aromatic carbocycles. The lowest BCUT2D eigenvalue weighted by Crippen LogP contribution is -2.36. The summed E-state index contributed by atoms with van der Waals surface area (Å²) in [5.74, 6) is 0.437. The number of morpholine rings is 1. The highest BCUT2D eigenvalue weighted by atomic mass is 127. The Morgan fingerprint density at radius 2 is 1.94 bits per heavy atom. The molecular weight excluding hydrogens is 553 g/mol. The summed E-state index contributed by atoms with van der Waals surface area (Å²) in [6.07, 6.45) is 1.40. The fraction of sp³-hybridized carbons (Fsp3) is 0.208. The molecule has 1 fully saturated rings. The zero-order valence-corrected chi connectivity index (χ0v) is 20.6. The summed E-state index contributed by atoms with van der Waals surface area (Å²) >= 11 is 8.95. The third-order valence-corrected chi connectivity index (χ3v) is 6.90. The van der Waals surface area contributed by atoms with Gasteiger partial charge in [0.05, 0.1) is 35.8 Å². The first-order valence-electron chi connectivity index (χ1n) is 10.6. The van der Waals surface area contributed by atoms with E-state index in [-0.39, 0.29) is 5.56 Å². The predicted octanol–water partition coefficient (Wildman–Crippen LogP) is 5.15. The van der Waals surface area contributed by atoms with Crippen molar-refractivity contribution < 1.29 is 4.74 Å². The zero-order chi connectivity index (χ0) is 22.8. The molecule has 0 bridgehead atoms. The van der Waals surface area contributed by atoms with Crippen LogP contribution in [0.3, 0.4) is 0 Å². The summed E-state index contributed by atoms with van der Waals surface area (Å²) in [5, 5.41) is 4.38. The van der Waals surface area contributed by atoms with E-state index < -0.39 is 0 Å². The number of hydrogen-bond acceptors (Lipinski definition) is 6. The van der Waals surface area contributed by atoms with Crippen molar-refractivity contribution in [3.8, 4) is 11.3 Å². The number of nitrogens with one attached hydrogen (secondary N) is 2. The molecule has 33 heavy (non-hydrogen) atoms. The molecule has 1 saturated heterocycles. The molecular formula is C24H21ClIN5O2. The Kier molecular flexibility index (Phi) is 6.48. The number of alkyl halides is 1. The van der Waals surface area contributed by atoms with Crippen molar-refractivity contribution >= 4 is 62.3 Å². The van der Waals surface area contributed by atoms with Crippen LogP contribution < -0.4 is 15.8 Å². The van der Waals surface area contributed by atoms with Crippen molar-refractivity contribution in [1.29, 1.82) is 0 Å². The second kappa shape index (κ2) is 9.66. The minimum Gasteiger partial charge on any atom is -0.378 e. The summed E-state index contributed by atoms with van der Waals surface area (Å²) in [5.41, 5.74) is 4.75. The van der Waals surface area contributed by atoms with Gasteiger partial charge in [0.25, 0.3) is 5.56 Å². The minimum absolute atomic E-state index is 0.251. The van der Waals surface area contributed by atoms with Gasteiger partial charge in [-0.05, 0) is 35.9 Å². The fourth-order valence-electron chi connectivity index (χ4n) is 3.91. The van der Waals surface area contributed by atoms with Crippen LogP contribution in [0.25, 0.3) is 22.2 Å². The molecule has 2 N–H and O–H groups in total. The van der Waals surface area contributed by atoms with E-state index in [4.69, 9.17) is 21.3 Å². The summed E-state index contributed by atoms with van der Waals surface area (Å²) in [4.78, 5) is 26.8. The quantitative estimate of drug-likeness (QED) is 0.254. The molecule has 1 aliphatic rings. The molecule has 0 unspecified atom stereocenters. The Labute approximate surface area is 209 Å². The molecule has 3 heterocycles. The number of benzene rings is 2. The predicted molar refractivity (Wildman–Crippen MR) is 141 cm³/mol. The fourth-order valence-corrected chi connectivity index (χ4v) is 5.06. The van der Waals surface area contributed by atoms with Gasteiger partial charge in [-0.3, -0.25) is 4.79 Å². The van der Waals surface area contributed by atoms with Crippen molar-refractivity contribution in [2.24, 2.45) is 0 Å². The Bertz CT molecular complexity index is 1350. The lowest BCUT2D eigenvalue weighted by atomic mass is 10.1. The number of pyridine rings is 1. The van der Waals surface area contributed by atoms with Gasteiger partial charge < -0.3 is 19.9 Å². The first-order valence-corrected chi connectivity index (χ1v) is 12.5. The number of H-pyrrole nitrogens is 1. The molecule has 0 spiro atoms. The Morgan fingerprint density at radius 1 is 1.15 bits per heavy atom. The average molecular weight is 574 g/mol. The first kappa shape index (κ1) is 22.1. The smallest absolute Gasteiger partial charge is 0.262 e. The Balaban J connectivity index is 1.55. The number of anilines is 3. The summed E-state index contributed by atoms with van der Waals surface area (Å²) in [7, 11) is 0. The third kappa shape index (κ3) is 4.55. The van der Waals surface area contributed by atoms with Crippen molar-refractivity contribution in [1.82, 2.24) is 15.0 Å². The van der Waals surface area contributed by atoms with Crippen molar-refractivity contribution in [3.63, 3.8) is 0 Å². The maximum absolute atomic E-state index is 12.6. The van der Waals surface area contributed by atoms with E-state index in [1.165, 1.54) is 6.33 Å². The van der Waals surface area contributed by atoms with E-state index in [2.05, 4.69) is 54.9 Å². The maximum atomic E-state index is 12.6. The number of fused-ring (bicyclic) bond motifs is 1. The molecule has 0 atom stereocenters. The molecule has 2 aromatic heterocycles. The molecule has 9 heteroatoms. The number of aromatic nitrogens is 3. The van der Waals surface area contributed by atoms with Gasteiger partial charge in [-0.2, -0.15) is 0 Å². The molecule has 168 valence electrons. The average Bonchev–Trinajstić information content (AvgIpc) is 2.85. The van der Waals surface area contributed by atoms with Crippen LogP contribution in [-0.2, 0) is 9.16 Å². The molecule has 7 nitrogen and oxygen atoms in total. The molecule has 0 saturated carbocycles. The van der Waals surface area contributed by atoms with Crippen LogP contribution in [0.5, 0.6) is 0 Å². The van der Waals surface area contributed by atoms with Gasteiger partial charge in [-0.25, -0.2) is 9.97 Å². The van der Waals surface area contributed by atoms with Gasteiger partial charge in [0, 0.05) is 34.5 Å². The van der Waals surface area contributed by atoms with E-state index in [1.807, 2.05) is 30.3 Å². The van der Waals surface area contributed by atoms with Gasteiger partial charge >= 0.3 is 0 Å². The summed E-state index contributed by atoms with van der Waals surface area (Å²) in [6, 6.07) is 15.8. The number of rotatable bonds is 5. The first-order chi connectivity index (χ1) is 16.1. The van der Waals surface area contributed by atoms with Crippen LogP contribution in [0.4, 0.5) is 17.2 Å². The Hall–Kier alpha value is -2.69. The number of nitrogens with zero attached hydrogens (tertiary/aromatic N) is 3. The second-order valence-corrected chi connectivity index (χ2v) is 8.81. The van der Waals surface area contributed by atoms with E-state index >= 15 is 0 Å². The van der Waals surface area contributed by atoms with Crippen LogP contribution >= 0.6 is 34.2 Å². The number of aromatic amines is 1. The lowest BCUT2D eigenvalue weighted by molar-refractivity contribution is 0.122. The van der Waals surface area contributed by atoms with Gasteiger partial charge in [-0.1, -0.05) is 52.4 Å². The second-order valence-electron chi connectivity index (χ2n) is 7.67. The van der Waals surface area contributed by atoms with Crippen LogP contribution in [0.2, 0.25) is 5.02 Å². The van der Waals surface area contributed by atoms with E-state index in [0.717, 1.165) is 53.2 Å². The monoisotopic (exact) mass is 573 g/mol. The van der Waals surface area contributed by atoms with E-state index in [9.17, 15) is 4.79 Å². The van der Waals surface area contributed by atoms with E-state index in [0.29, 0.717) is 27.4 Å². The van der Waals surface area contributed by atoms with Crippen LogP contribution in [0, 0.1) is 0 Å². The highest BCUT2D eigenvalue weighted by Gasteiger charge is 2.16. The molecule has 0 radical (unpaired) electrons. The van der Waals surface area contributed by atoms with Crippen molar-refractivity contribution in [2.75, 3.05) is 36.5 Å². The maximum Gasteiger partial charge on any atom is 0.262 e. The van der Waals surface area contributed by atoms with Crippen molar-refractivity contribution in [2.45, 2.75) is 4.43 Å². The van der Waals surface area contributed by atoms with Crippen LogP contribution in [0.15, 0.2) is 59.7 Å². The molecule has 0 aliphatic carbocycles. The minimum atomic E-state index is -0.251. The highest BCUT2D eigenvalue weighted by molar-refractivity contribution is 14.1. The molecule has 5 rings (SSSR count). The number of hydrogen-bond donors (Lipinski definition) is 2. The van der Waals surface area contributed by atoms with Gasteiger partial charge in [-0.15, -0.1) is 0 Å². The van der Waals surface area contributed by atoms with Gasteiger partial charge in [0.2, 0.25) is 0 Å². The molecule has 1 aliphatic heterocycles. The van der Waals surface area contributed by atoms with E-state index in [1.54, 1.807) is 6.07 Å². The lowest BCUT2D eigenvalue weighted by Gasteiger charge is -2.28. The summed E-state index contributed by atoms with van der Waals surface area (Å²) in [6.45, 7) is 3.22. The van der Waals surface area contributed by atoms with Gasteiger partial charge in [0.15, 0.2) is 0 Å².